The van der Waals surface area contributed by atoms with E-state index in [-0.39, 0.29) is 6.79 Å². The molecule has 0 radical (unpaired) electrons. The summed E-state index contributed by atoms with van der Waals surface area (Å²) in [5.74, 6) is 0.547. The predicted octanol–water partition coefficient (Wildman–Crippen LogP) is 3.27. The summed E-state index contributed by atoms with van der Waals surface area (Å²) in [5, 5.41) is 3.02. The van der Waals surface area contributed by atoms with Crippen LogP contribution in [0.25, 0.3) is 6.08 Å². The minimum Gasteiger partial charge on any atom is -0.495 e. The molecule has 1 N–H and O–H groups in total. The molecule has 8 heteroatoms. The molecule has 0 aromatic heterocycles. The Kier molecular flexibility index (Phi) is 5.83. The second kappa shape index (κ2) is 8.46. The first-order valence-electron chi connectivity index (χ1n) is 7.93. The van der Waals surface area contributed by atoms with Gasteiger partial charge in [0, 0.05) is 11.1 Å². The Hall–Kier alpha value is -3.19. The SMILES string of the molecule is COc1ccc(Cl)cc1NC(=O)COC(=O)/C=C/c1ccc2c(c1)OCO2. The lowest BCUT2D eigenvalue weighted by atomic mass is 10.2. The van der Waals surface area contributed by atoms with Gasteiger partial charge in [0.2, 0.25) is 6.79 Å². The molecule has 1 amide bonds. The van der Waals surface area contributed by atoms with Gasteiger partial charge in [-0.3, -0.25) is 4.79 Å². The van der Waals surface area contributed by atoms with Crippen molar-refractivity contribution in [2.24, 2.45) is 0 Å². The summed E-state index contributed by atoms with van der Waals surface area (Å²) in [6.07, 6.45) is 2.78. The van der Waals surface area contributed by atoms with Crippen LogP contribution in [-0.2, 0) is 14.3 Å². The number of ether oxygens (including phenoxy) is 4. The standard InChI is InChI=1S/C19H16ClNO6/c1-24-15-6-4-13(20)9-14(15)21-18(22)10-25-19(23)7-3-12-2-5-16-17(8-12)27-11-26-16/h2-9H,10-11H2,1H3,(H,21,22)/b7-3+. The van der Waals surface area contributed by atoms with Gasteiger partial charge >= 0.3 is 5.97 Å². The zero-order valence-corrected chi connectivity index (χ0v) is 15.1. The maximum Gasteiger partial charge on any atom is 0.331 e. The number of nitrogens with one attached hydrogen (secondary N) is 1. The van der Waals surface area contributed by atoms with E-state index < -0.39 is 18.5 Å². The van der Waals surface area contributed by atoms with Crippen LogP contribution in [0, 0.1) is 0 Å². The number of amides is 1. The highest BCUT2D eigenvalue weighted by atomic mass is 35.5. The van der Waals surface area contributed by atoms with Crippen molar-refractivity contribution >= 4 is 35.2 Å². The third-order valence-electron chi connectivity index (χ3n) is 3.59. The molecule has 0 saturated carbocycles. The van der Waals surface area contributed by atoms with Crippen LogP contribution >= 0.6 is 11.6 Å². The van der Waals surface area contributed by atoms with Crippen molar-refractivity contribution in [3.05, 3.63) is 53.1 Å². The van der Waals surface area contributed by atoms with E-state index in [0.717, 1.165) is 5.56 Å². The monoisotopic (exact) mass is 389 g/mol. The summed E-state index contributed by atoms with van der Waals surface area (Å²) >= 11 is 5.90. The van der Waals surface area contributed by atoms with Crippen molar-refractivity contribution < 1.29 is 28.5 Å². The van der Waals surface area contributed by atoms with Crippen molar-refractivity contribution in [3.8, 4) is 17.2 Å². The number of carbonyl (C=O) groups is 2. The maximum atomic E-state index is 12.0. The molecule has 0 aliphatic carbocycles. The van der Waals surface area contributed by atoms with Crippen LogP contribution in [0.3, 0.4) is 0 Å². The molecule has 0 unspecified atom stereocenters. The van der Waals surface area contributed by atoms with Gasteiger partial charge in [0.25, 0.3) is 5.91 Å². The van der Waals surface area contributed by atoms with E-state index in [9.17, 15) is 9.59 Å². The zero-order valence-electron chi connectivity index (χ0n) is 14.4. The lowest BCUT2D eigenvalue weighted by Gasteiger charge is -2.10. The summed E-state index contributed by atoms with van der Waals surface area (Å²) < 4.78 is 20.5. The largest absolute Gasteiger partial charge is 0.495 e. The fourth-order valence-electron chi connectivity index (χ4n) is 2.33. The molecular formula is C19H16ClNO6. The van der Waals surface area contributed by atoms with Crippen LogP contribution in [0.2, 0.25) is 5.02 Å². The molecule has 1 aliphatic rings. The highest BCUT2D eigenvalue weighted by Gasteiger charge is 2.13. The maximum absolute atomic E-state index is 12.0. The highest BCUT2D eigenvalue weighted by molar-refractivity contribution is 6.31. The van der Waals surface area contributed by atoms with E-state index in [4.69, 9.17) is 30.5 Å². The first kappa shape index (κ1) is 18.6. The van der Waals surface area contributed by atoms with E-state index in [1.807, 2.05) is 0 Å². The average Bonchev–Trinajstić information content (AvgIpc) is 3.12. The van der Waals surface area contributed by atoms with Crippen LogP contribution < -0.4 is 19.5 Å². The molecule has 0 spiro atoms. The normalized spacial score (nSPS) is 12.1. The molecule has 2 aromatic rings. The smallest absolute Gasteiger partial charge is 0.331 e. The molecule has 7 nitrogen and oxygen atoms in total. The van der Waals surface area contributed by atoms with Gasteiger partial charge in [-0.1, -0.05) is 17.7 Å². The topological polar surface area (TPSA) is 83.1 Å². The lowest BCUT2D eigenvalue weighted by molar-refractivity contribution is -0.142. The average molecular weight is 390 g/mol. The Morgan fingerprint density at radius 1 is 1.19 bits per heavy atom. The first-order valence-corrected chi connectivity index (χ1v) is 8.31. The number of hydrogen-bond donors (Lipinski definition) is 1. The van der Waals surface area contributed by atoms with Crippen LogP contribution in [-0.4, -0.2) is 32.4 Å². The molecule has 0 bridgehead atoms. The van der Waals surface area contributed by atoms with Crippen molar-refractivity contribution in [2.75, 3.05) is 25.8 Å². The molecule has 0 saturated heterocycles. The third-order valence-corrected chi connectivity index (χ3v) is 3.82. The van der Waals surface area contributed by atoms with Gasteiger partial charge in [0.15, 0.2) is 18.1 Å². The number of carbonyl (C=O) groups excluding carboxylic acids is 2. The fraction of sp³-hybridized carbons (Fsp3) is 0.158. The van der Waals surface area contributed by atoms with E-state index >= 15 is 0 Å². The number of fused-ring (bicyclic) bond motifs is 1. The van der Waals surface area contributed by atoms with Gasteiger partial charge in [0.05, 0.1) is 12.8 Å². The first-order chi connectivity index (χ1) is 13.0. The zero-order chi connectivity index (χ0) is 19.2. The van der Waals surface area contributed by atoms with Crippen molar-refractivity contribution in [1.82, 2.24) is 0 Å². The van der Waals surface area contributed by atoms with Crippen molar-refractivity contribution in [1.29, 1.82) is 0 Å². The number of methoxy groups -OCH3 is 1. The van der Waals surface area contributed by atoms with Crippen LogP contribution in [0.15, 0.2) is 42.5 Å². The minimum atomic E-state index is -0.652. The van der Waals surface area contributed by atoms with Gasteiger partial charge in [-0.05, 0) is 42.0 Å². The van der Waals surface area contributed by atoms with Gasteiger partial charge in [-0.15, -0.1) is 0 Å². The van der Waals surface area contributed by atoms with E-state index in [2.05, 4.69) is 5.32 Å². The summed E-state index contributed by atoms with van der Waals surface area (Å²) in [6.45, 7) is -0.267. The number of benzene rings is 2. The number of anilines is 1. The number of esters is 1. The van der Waals surface area contributed by atoms with Crippen LogP contribution in [0.4, 0.5) is 5.69 Å². The van der Waals surface area contributed by atoms with Crippen LogP contribution in [0.5, 0.6) is 17.2 Å². The Balaban J connectivity index is 1.51. The molecule has 1 heterocycles. The number of halogens is 1. The lowest BCUT2D eigenvalue weighted by Crippen LogP contribution is -2.20. The van der Waals surface area contributed by atoms with Gasteiger partial charge in [0.1, 0.15) is 5.75 Å². The highest BCUT2D eigenvalue weighted by Crippen LogP contribution is 2.32. The third kappa shape index (κ3) is 4.92. The molecular weight excluding hydrogens is 374 g/mol. The second-order valence-corrected chi connectivity index (χ2v) is 5.88. The Bertz CT molecular complexity index is 896. The predicted molar refractivity (Wildman–Crippen MR) is 99.2 cm³/mol. The quantitative estimate of drug-likeness (QED) is 0.603. The minimum absolute atomic E-state index is 0.178. The second-order valence-electron chi connectivity index (χ2n) is 5.45. The van der Waals surface area contributed by atoms with Gasteiger partial charge in [-0.25, -0.2) is 4.79 Å². The fourth-order valence-corrected chi connectivity index (χ4v) is 2.50. The summed E-state index contributed by atoms with van der Waals surface area (Å²) in [5.41, 5.74) is 1.13. The van der Waals surface area contributed by atoms with Gasteiger partial charge in [-0.2, -0.15) is 0 Å². The summed E-state index contributed by atoms with van der Waals surface area (Å²) in [4.78, 5) is 23.8. The summed E-state index contributed by atoms with van der Waals surface area (Å²) in [6, 6.07) is 10.1. The molecule has 0 atom stereocenters. The number of hydrogen-bond acceptors (Lipinski definition) is 6. The summed E-state index contributed by atoms with van der Waals surface area (Å²) in [7, 11) is 1.47. The molecule has 1 aliphatic heterocycles. The molecule has 3 rings (SSSR count). The van der Waals surface area contributed by atoms with E-state index in [1.165, 1.54) is 13.2 Å². The molecule has 2 aromatic carbocycles. The molecule has 27 heavy (non-hydrogen) atoms. The van der Waals surface area contributed by atoms with E-state index in [0.29, 0.717) is 28.0 Å². The molecule has 0 fully saturated rings. The molecule has 140 valence electrons. The Morgan fingerprint density at radius 2 is 2.00 bits per heavy atom. The van der Waals surface area contributed by atoms with Crippen molar-refractivity contribution in [3.63, 3.8) is 0 Å². The Morgan fingerprint density at radius 3 is 2.81 bits per heavy atom. The Labute approximate surface area is 160 Å². The number of rotatable bonds is 6. The van der Waals surface area contributed by atoms with Crippen LogP contribution in [0.1, 0.15) is 5.56 Å². The van der Waals surface area contributed by atoms with E-state index in [1.54, 1.807) is 42.5 Å². The van der Waals surface area contributed by atoms with Crippen molar-refractivity contribution in [2.45, 2.75) is 0 Å². The van der Waals surface area contributed by atoms with Gasteiger partial charge < -0.3 is 24.3 Å².